The quantitative estimate of drug-likeness (QED) is 0.306. The van der Waals surface area contributed by atoms with Crippen LogP contribution in [0.5, 0.6) is 0 Å². The summed E-state index contributed by atoms with van der Waals surface area (Å²) in [6.07, 6.45) is 4.60. The SMILES string of the molecule is Cc1cc(Nc2nccc(C)n2)cc(-c2cnc(C3(O)CC[C@H](C(=O)O)[C@@H](c4ccccc4)C3)s2)c1. The molecule has 184 valence electrons. The number of aliphatic hydroxyl groups is 1. The molecular formula is C28H28N4O3S. The van der Waals surface area contributed by atoms with Gasteiger partial charge >= 0.3 is 5.97 Å². The normalized spacial score (nSPS) is 21.8. The number of aliphatic carboxylic acids is 1. The van der Waals surface area contributed by atoms with E-state index in [0.29, 0.717) is 30.2 Å². The number of carbonyl (C=O) groups is 1. The Morgan fingerprint density at radius 3 is 2.67 bits per heavy atom. The van der Waals surface area contributed by atoms with Crippen LogP contribution in [0.4, 0.5) is 11.6 Å². The topological polar surface area (TPSA) is 108 Å². The molecular weight excluding hydrogens is 472 g/mol. The lowest BCUT2D eigenvalue weighted by atomic mass is 9.69. The number of rotatable bonds is 6. The fourth-order valence-electron chi connectivity index (χ4n) is 5.00. The van der Waals surface area contributed by atoms with Crippen LogP contribution in [-0.2, 0) is 10.4 Å². The lowest BCUT2D eigenvalue weighted by Gasteiger charge is -2.39. The minimum absolute atomic E-state index is 0.279. The van der Waals surface area contributed by atoms with Gasteiger partial charge in [0.2, 0.25) is 5.95 Å². The maximum absolute atomic E-state index is 12.0. The van der Waals surface area contributed by atoms with Crippen LogP contribution in [0.2, 0.25) is 0 Å². The second kappa shape index (κ2) is 9.79. The second-order valence-corrected chi connectivity index (χ2v) is 10.5. The molecule has 1 unspecified atom stereocenters. The van der Waals surface area contributed by atoms with E-state index in [1.165, 1.54) is 11.3 Å². The van der Waals surface area contributed by atoms with Gasteiger partial charge in [-0.3, -0.25) is 4.79 Å². The first-order valence-corrected chi connectivity index (χ1v) is 12.8. The molecule has 2 aromatic carbocycles. The molecule has 36 heavy (non-hydrogen) atoms. The van der Waals surface area contributed by atoms with Crippen LogP contribution in [0.15, 0.2) is 67.0 Å². The lowest BCUT2D eigenvalue weighted by Crippen LogP contribution is -2.38. The summed E-state index contributed by atoms with van der Waals surface area (Å²) in [6, 6.07) is 17.6. The molecule has 1 fully saturated rings. The molecule has 3 N–H and O–H groups in total. The van der Waals surface area contributed by atoms with E-state index in [-0.39, 0.29) is 5.92 Å². The van der Waals surface area contributed by atoms with Crippen LogP contribution in [0.1, 0.15) is 47.0 Å². The maximum atomic E-state index is 12.0. The molecule has 0 radical (unpaired) electrons. The predicted molar refractivity (Wildman–Crippen MR) is 140 cm³/mol. The van der Waals surface area contributed by atoms with E-state index in [2.05, 4.69) is 26.3 Å². The molecule has 2 heterocycles. The summed E-state index contributed by atoms with van der Waals surface area (Å²) in [5, 5.41) is 25.4. The van der Waals surface area contributed by atoms with Gasteiger partial charge < -0.3 is 15.5 Å². The number of carboxylic acid groups (broad SMARTS) is 1. The predicted octanol–water partition coefficient (Wildman–Crippen LogP) is 5.82. The van der Waals surface area contributed by atoms with E-state index in [9.17, 15) is 15.0 Å². The van der Waals surface area contributed by atoms with Gasteiger partial charge in [-0.2, -0.15) is 0 Å². The third kappa shape index (κ3) is 5.01. The molecule has 2 aromatic heterocycles. The Bertz CT molecular complexity index is 1390. The summed E-state index contributed by atoms with van der Waals surface area (Å²) in [5.74, 6) is -1.09. The van der Waals surface area contributed by atoms with Gasteiger partial charge in [-0.15, -0.1) is 11.3 Å². The van der Waals surface area contributed by atoms with Crippen LogP contribution >= 0.6 is 11.3 Å². The van der Waals surface area contributed by atoms with Crippen molar-refractivity contribution in [2.75, 3.05) is 5.32 Å². The van der Waals surface area contributed by atoms with Crippen molar-refractivity contribution in [3.63, 3.8) is 0 Å². The molecule has 3 atom stereocenters. The Morgan fingerprint density at radius 2 is 1.92 bits per heavy atom. The Hall–Kier alpha value is -3.62. The minimum Gasteiger partial charge on any atom is -0.481 e. The third-order valence-corrected chi connectivity index (χ3v) is 8.01. The number of nitrogens with one attached hydrogen (secondary N) is 1. The van der Waals surface area contributed by atoms with Gasteiger partial charge in [-0.05, 0) is 68.0 Å². The zero-order chi connectivity index (χ0) is 25.3. The van der Waals surface area contributed by atoms with Gasteiger partial charge in [0, 0.05) is 29.7 Å². The van der Waals surface area contributed by atoms with Crippen molar-refractivity contribution in [1.29, 1.82) is 0 Å². The van der Waals surface area contributed by atoms with Gasteiger partial charge in [0.05, 0.1) is 10.8 Å². The molecule has 4 aromatic rings. The van der Waals surface area contributed by atoms with E-state index in [1.807, 2.05) is 62.4 Å². The lowest BCUT2D eigenvalue weighted by molar-refractivity contribution is -0.146. The molecule has 0 saturated heterocycles. The molecule has 7 nitrogen and oxygen atoms in total. The van der Waals surface area contributed by atoms with Crippen LogP contribution < -0.4 is 5.32 Å². The monoisotopic (exact) mass is 500 g/mol. The van der Waals surface area contributed by atoms with Crippen LogP contribution in [-0.4, -0.2) is 31.1 Å². The number of carboxylic acids is 1. The average molecular weight is 501 g/mol. The average Bonchev–Trinajstić information content (AvgIpc) is 3.36. The third-order valence-electron chi connectivity index (χ3n) is 6.77. The number of hydrogen-bond acceptors (Lipinski definition) is 7. The summed E-state index contributed by atoms with van der Waals surface area (Å²) >= 11 is 1.46. The van der Waals surface area contributed by atoms with Gasteiger partial charge in [0.1, 0.15) is 10.6 Å². The molecule has 5 rings (SSSR count). The standard InChI is InChI=1S/C28H28N4O3S/c1-17-12-20(14-21(13-17)32-27-29-11-9-18(2)31-27)24-16-30-26(36-24)28(35)10-8-22(25(33)34)23(15-28)19-6-4-3-5-7-19/h3-7,9,11-14,16,22-23,35H,8,10,15H2,1-2H3,(H,33,34)(H,29,31,32)/t22-,23+,28?/m0/s1. The second-order valence-electron chi connectivity index (χ2n) is 9.50. The number of nitrogens with zero attached hydrogens (tertiary/aromatic N) is 3. The van der Waals surface area contributed by atoms with E-state index < -0.39 is 17.5 Å². The summed E-state index contributed by atoms with van der Waals surface area (Å²) in [6.45, 7) is 3.95. The highest BCUT2D eigenvalue weighted by Crippen LogP contribution is 2.49. The first-order chi connectivity index (χ1) is 17.3. The zero-order valence-electron chi connectivity index (χ0n) is 20.2. The molecule has 0 bridgehead atoms. The van der Waals surface area contributed by atoms with E-state index >= 15 is 0 Å². The molecule has 0 spiro atoms. The number of aromatic nitrogens is 3. The molecule has 1 aliphatic rings. The first-order valence-electron chi connectivity index (χ1n) is 12.0. The van der Waals surface area contributed by atoms with Crippen molar-refractivity contribution in [2.24, 2.45) is 5.92 Å². The zero-order valence-corrected chi connectivity index (χ0v) is 21.0. The summed E-state index contributed by atoms with van der Waals surface area (Å²) < 4.78 is 0. The number of thiazole rings is 1. The Labute approximate surface area is 213 Å². The summed E-state index contributed by atoms with van der Waals surface area (Å²) in [4.78, 5) is 26.2. The van der Waals surface area contributed by atoms with Crippen LogP contribution in [0.25, 0.3) is 10.4 Å². The largest absolute Gasteiger partial charge is 0.481 e. The Kier molecular flexibility index (Phi) is 6.55. The Morgan fingerprint density at radius 1 is 1.11 bits per heavy atom. The fraction of sp³-hybridized carbons (Fsp3) is 0.286. The highest BCUT2D eigenvalue weighted by molar-refractivity contribution is 7.15. The molecule has 1 saturated carbocycles. The molecule has 8 heteroatoms. The van der Waals surface area contributed by atoms with Crippen LogP contribution in [0.3, 0.4) is 0 Å². The molecule has 0 amide bonds. The van der Waals surface area contributed by atoms with Crippen molar-refractivity contribution >= 4 is 28.9 Å². The van der Waals surface area contributed by atoms with Gasteiger partial charge in [-0.1, -0.05) is 36.4 Å². The van der Waals surface area contributed by atoms with Crippen molar-refractivity contribution < 1.29 is 15.0 Å². The Balaban J connectivity index is 1.42. The maximum Gasteiger partial charge on any atom is 0.307 e. The van der Waals surface area contributed by atoms with Crippen molar-refractivity contribution in [3.05, 3.63) is 88.8 Å². The van der Waals surface area contributed by atoms with Crippen LogP contribution in [0, 0.1) is 19.8 Å². The smallest absolute Gasteiger partial charge is 0.307 e. The highest BCUT2D eigenvalue weighted by atomic mass is 32.1. The fourth-order valence-corrected chi connectivity index (χ4v) is 6.03. The van der Waals surface area contributed by atoms with E-state index in [4.69, 9.17) is 0 Å². The van der Waals surface area contributed by atoms with Crippen molar-refractivity contribution in [3.8, 4) is 10.4 Å². The number of anilines is 2. The molecule has 0 aliphatic heterocycles. The van der Waals surface area contributed by atoms with E-state index in [0.717, 1.165) is 32.9 Å². The van der Waals surface area contributed by atoms with Crippen molar-refractivity contribution in [2.45, 2.75) is 44.6 Å². The van der Waals surface area contributed by atoms with Crippen molar-refractivity contribution in [1.82, 2.24) is 15.0 Å². The van der Waals surface area contributed by atoms with E-state index in [1.54, 1.807) is 12.4 Å². The number of aryl methyl sites for hydroxylation is 2. The summed E-state index contributed by atoms with van der Waals surface area (Å²) in [7, 11) is 0. The van der Waals surface area contributed by atoms with Gasteiger partial charge in [-0.25, -0.2) is 15.0 Å². The minimum atomic E-state index is -1.17. The van der Waals surface area contributed by atoms with Gasteiger partial charge in [0.25, 0.3) is 0 Å². The summed E-state index contributed by atoms with van der Waals surface area (Å²) in [5.41, 5.74) is 3.57. The highest BCUT2D eigenvalue weighted by Gasteiger charge is 2.45. The molecule has 1 aliphatic carbocycles. The van der Waals surface area contributed by atoms with Gasteiger partial charge in [0.15, 0.2) is 0 Å². The first kappa shape index (κ1) is 24.1. The number of benzene rings is 2. The number of hydrogen-bond donors (Lipinski definition) is 3.